The lowest BCUT2D eigenvalue weighted by Crippen LogP contribution is -2.25. The molecule has 1 aliphatic rings. The van der Waals surface area contributed by atoms with E-state index in [4.69, 9.17) is 4.74 Å². The summed E-state index contributed by atoms with van der Waals surface area (Å²) in [5.74, 6) is 1.33. The normalized spacial score (nSPS) is 21.4. The number of nitrogens with zero attached hydrogens (tertiary/aromatic N) is 1. The number of methoxy groups -OCH3 is 1. The van der Waals surface area contributed by atoms with Crippen LogP contribution in [0.1, 0.15) is 37.2 Å². The fourth-order valence-corrected chi connectivity index (χ4v) is 3.71. The van der Waals surface area contributed by atoms with Crippen LogP contribution < -0.4 is 10.1 Å². The van der Waals surface area contributed by atoms with Crippen LogP contribution in [0.15, 0.2) is 47.1 Å². The second kappa shape index (κ2) is 7.14. The van der Waals surface area contributed by atoms with Gasteiger partial charge in [0.25, 0.3) is 0 Å². The minimum atomic E-state index is 0.517. The van der Waals surface area contributed by atoms with Crippen molar-refractivity contribution < 1.29 is 4.74 Å². The van der Waals surface area contributed by atoms with E-state index in [1.165, 1.54) is 31.2 Å². The summed E-state index contributed by atoms with van der Waals surface area (Å²) in [5, 5.41) is 3.63. The summed E-state index contributed by atoms with van der Waals surface area (Å²) in [5.41, 5.74) is 2.54. The Morgan fingerprint density at radius 2 is 1.82 bits per heavy atom. The average molecular weight is 361 g/mol. The number of ether oxygens (including phenoxy) is 1. The monoisotopic (exact) mass is 360 g/mol. The highest BCUT2D eigenvalue weighted by molar-refractivity contribution is 9.10. The molecule has 1 heterocycles. The summed E-state index contributed by atoms with van der Waals surface area (Å²) >= 11 is 3.57. The number of aromatic nitrogens is 1. The van der Waals surface area contributed by atoms with E-state index in [0.717, 1.165) is 10.2 Å². The summed E-state index contributed by atoms with van der Waals surface area (Å²) in [6.07, 6.45) is 6.64. The fraction of sp³-hybridized carbons (Fsp3) is 0.389. The lowest BCUT2D eigenvalue weighted by Gasteiger charge is -2.30. The maximum Gasteiger partial charge on any atom is 0.229 e. The van der Waals surface area contributed by atoms with Crippen LogP contribution in [0.3, 0.4) is 0 Å². The molecule has 0 unspecified atom stereocenters. The van der Waals surface area contributed by atoms with Gasteiger partial charge in [-0.1, -0.05) is 30.3 Å². The predicted molar refractivity (Wildman–Crippen MR) is 93.6 cm³/mol. The van der Waals surface area contributed by atoms with Crippen LogP contribution in [0.2, 0.25) is 0 Å². The van der Waals surface area contributed by atoms with Gasteiger partial charge in [-0.25, -0.2) is 4.98 Å². The highest BCUT2D eigenvalue weighted by Crippen LogP contribution is 2.36. The van der Waals surface area contributed by atoms with Crippen LogP contribution in [0.5, 0.6) is 5.88 Å². The molecule has 2 aromatic rings. The number of pyridine rings is 1. The van der Waals surface area contributed by atoms with Crippen molar-refractivity contribution in [3.8, 4) is 5.88 Å². The largest absolute Gasteiger partial charge is 0.480 e. The zero-order chi connectivity index (χ0) is 15.4. The number of rotatable bonds is 4. The van der Waals surface area contributed by atoms with E-state index in [2.05, 4.69) is 56.6 Å². The molecule has 0 atom stereocenters. The van der Waals surface area contributed by atoms with Gasteiger partial charge in [0.2, 0.25) is 5.88 Å². The summed E-state index contributed by atoms with van der Waals surface area (Å²) in [6, 6.07) is 13.4. The Morgan fingerprint density at radius 3 is 2.50 bits per heavy atom. The van der Waals surface area contributed by atoms with Gasteiger partial charge < -0.3 is 10.1 Å². The smallest absolute Gasteiger partial charge is 0.229 e. The van der Waals surface area contributed by atoms with Crippen molar-refractivity contribution in [2.45, 2.75) is 37.6 Å². The van der Waals surface area contributed by atoms with Crippen LogP contribution in [-0.2, 0) is 0 Å². The number of halogens is 1. The van der Waals surface area contributed by atoms with Crippen LogP contribution in [-0.4, -0.2) is 18.1 Å². The van der Waals surface area contributed by atoms with Crippen LogP contribution in [0.4, 0.5) is 5.69 Å². The van der Waals surface area contributed by atoms with E-state index in [1.54, 1.807) is 13.3 Å². The van der Waals surface area contributed by atoms with Crippen molar-refractivity contribution in [2.24, 2.45) is 0 Å². The molecule has 4 heteroatoms. The quantitative estimate of drug-likeness (QED) is 0.833. The molecule has 1 saturated carbocycles. The SMILES string of the molecule is COc1nccc(N[C@H]2CC[C@@H](c3ccccc3)CC2)c1Br. The molecule has 0 amide bonds. The highest BCUT2D eigenvalue weighted by atomic mass is 79.9. The Labute approximate surface area is 140 Å². The van der Waals surface area contributed by atoms with E-state index in [9.17, 15) is 0 Å². The summed E-state index contributed by atoms with van der Waals surface area (Å²) in [7, 11) is 1.64. The Morgan fingerprint density at radius 1 is 1.09 bits per heavy atom. The second-order valence-electron chi connectivity index (χ2n) is 5.79. The molecule has 0 aliphatic heterocycles. The van der Waals surface area contributed by atoms with E-state index in [1.807, 2.05) is 6.07 Å². The van der Waals surface area contributed by atoms with Crippen molar-refractivity contribution in [3.05, 3.63) is 52.6 Å². The Hall–Kier alpha value is -1.55. The lowest BCUT2D eigenvalue weighted by atomic mass is 9.82. The molecule has 3 rings (SSSR count). The second-order valence-corrected chi connectivity index (χ2v) is 6.58. The predicted octanol–water partition coefficient (Wildman–Crippen LogP) is 4.99. The van der Waals surface area contributed by atoms with E-state index >= 15 is 0 Å². The molecule has 0 radical (unpaired) electrons. The molecule has 1 aromatic heterocycles. The van der Waals surface area contributed by atoms with Crippen molar-refractivity contribution in [3.63, 3.8) is 0 Å². The van der Waals surface area contributed by atoms with Gasteiger partial charge in [-0.3, -0.25) is 0 Å². The standard InChI is InChI=1S/C18H21BrN2O/c1-22-18-17(19)16(11-12-20-18)21-15-9-7-14(8-10-15)13-5-3-2-4-6-13/h2-6,11-12,14-15H,7-10H2,1H3,(H,20,21)/t14-,15+. The zero-order valence-electron chi connectivity index (χ0n) is 12.8. The minimum absolute atomic E-state index is 0.517. The topological polar surface area (TPSA) is 34.1 Å². The van der Waals surface area contributed by atoms with Gasteiger partial charge in [-0.2, -0.15) is 0 Å². The van der Waals surface area contributed by atoms with Gasteiger partial charge >= 0.3 is 0 Å². The van der Waals surface area contributed by atoms with Gasteiger partial charge in [0.15, 0.2) is 0 Å². The minimum Gasteiger partial charge on any atom is -0.480 e. The Kier molecular flexibility index (Phi) is 4.98. The molecular weight excluding hydrogens is 340 g/mol. The molecule has 22 heavy (non-hydrogen) atoms. The van der Waals surface area contributed by atoms with Crippen LogP contribution in [0, 0.1) is 0 Å². The number of nitrogens with one attached hydrogen (secondary N) is 1. The van der Waals surface area contributed by atoms with Gasteiger partial charge in [-0.15, -0.1) is 0 Å². The van der Waals surface area contributed by atoms with E-state index in [-0.39, 0.29) is 0 Å². The van der Waals surface area contributed by atoms with E-state index in [0.29, 0.717) is 17.8 Å². The third-order valence-corrected chi connectivity index (χ3v) is 5.17. The van der Waals surface area contributed by atoms with Gasteiger partial charge in [-0.05, 0) is 59.2 Å². The fourth-order valence-electron chi connectivity index (χ4n) is 3.19. The molecule has 1 aliphatic carbocycles. The molecule has 116 valence electrons. The maximum atomic E-state index is 5.25. The maximum absolute atomic E-state index is 5.25. The highest BCUT2D eigenvalue weighted by Gasteiger charge is 2.23. The van der Waals surface area contributed by atoms with Crippen LogP contribution >= 0.6 is 15.9 Å². The first-order valence-corrected chi connectivity index (χ1v) is 8.57. The lowest BCUT2D eigenvalue weighted by molar-refractivity contribution is 0.394. The number of benzene rings is 1. The molecule has 1 fully saturated rings. The van der Waals surface area contributed by atoms with Crippen molar-refractivity contribution in [1.82, 2.24) is 4.98 Å². The molecule has 0 bridgehead atoms. The summed E-state index contributed by atoms with van der Waals surface area (Å²) in [6.45, 7) is 0. The average Bonchev–Trinajstić information content (AvgIpc) is 2.58. The number of anilines is 1. The molecular formula is C18H21BrN2O. The zero-order valence-corrected chi connectivity index (χ0v) is 14.3. The van der Waals surface area contributed by atoms with Gasteiger partial charge in [0.05, 0.1) is 12.8 Å². The van der Waals surface area contributed by atoms with Crippen molar-refractivity contribution in [2.75, 3.05) is 12.4 Å². The van der Waals surface area contributed by atoms with Crippen molar-refractivity contribution in [1.29, 1.82) is 0 Å². The molecule has 0 saturated heterocycles. The Bertz CT molecular complexity index is 610. The number of hydrogen-bond donors (Lipinski definition) is 1. The van der Waals surface area contributed by atoms with E-state index < -0.39 is 0 Å². The molecule has 1 N–H and O–H groups in total. The molecule has 3 nitrogen and oxygen atoms in total. The third kappa shape index (κ3) is 3.43. The van der Waals surface area contributed by atoms with Crippen molar-refractivity contribution >= 4 is 21.6 Å². The van der Waals surface area contributed by atoms with Gasteiger partial charge in [0.1, 0.15) is 4.47 Å². The number of hydrogen-bond acceptors (Lipinski definition) is 3. The Balaban J connectivity index is 1.61. The van der Waals surface area contributed by atoms with Gasteiger partial charge in [0, 0.05) is 12.2 Å². The summed E-state index contributed by atoms with van der Waals surface area (Å²) in [4.78, 5) is 4.19. The molecule has 1 aromatic carbocycles. The summed E-state index contributed by atoms with van der Waals surface area (Å²) < 4.78 is 6.16. The first-order chi connectivity index (χ1) is 10.8. The first-order valence-electron chi connectivity index (χ1n) is 7.78. The molecule has 0 spiro atoms. The third-order valence-electron chi connectivity index (χ3n) is 4.41. The van der Waals surface area contributed by atoms with Crippen LogP contribution in [0.25, 0.3) is 0 Å². The first kappa shape index (κ1) is 15.3.